The van der Waals surface area contributed by atoms with Crippen LogP contribution < -0.4 is 10.6 Å². The monoisotopic (exact) mass is 271 g/mol. The van der Waals surface area contributed by atoms with Crippen molar-refractivity contribution in [2.75, 3.05) is 0 Å². The molecule has 7 heteroatoms. The molecule has 18 heavy (non-hydrogen) atoms. The normalized spacial score (nSPS) is 11.8. The van der Waals surface area contributed by atoms with Gasteiger partial charge in [-0.05, 0) is 19.8 Å². The molecular weight excluding hydrogens is 254 g/mol. The van der Waals surface area contributed by atoms with E-state index in [1.165, 1.54) is 11.3 Å². The van der Waals surface area contributed by atoms with E-state index in [9.17, 15) is 9.59 Å². The van der Waals surface area contributed by atoms with E-state index in [-0.39, 0.29) is 18.5 Å². The van der Waals surface area contributed by atoms with Crippen LogP contribution in [0, 0.1) is 0 Å². The molecule has 0 aromatic carbocycles. The van der Waals surface area contributed by atoms with Crippen LogP contribution in [0.3, 0.4) is 0 Å². The number of hydrogen-bond donors (Lipinski definition) is 3. The molecule has 1 heterocycles. The summed E-state index contributed by atoms with van der Waals surface area (Å²) in [6.07, 6.45) is 3.03. The first kappa shape index (κ1) is 14.4. The fourth-order valence-electron chi connectivity index (χ4n) is 1.40. The Morgan fingerprint density at radius 3 is 2.94 bits per heavy atom. The molecule has 0 spiro atoms. The molecule has 2 amide bonds. The topological polar surface area (TPSA) is 91.3 Å². The summed E-state index contributed by atoms with van der Waals surface area (Å²) in [5.41, 5.74) is 0. The van der Waals surface area contributed by atoms with E-state index in [0.717, 1.165) is 5.01 Å². The number of hydrogen-bond acceptors (Lipinski definition) is 4. The molecule has 3 N–H and O–H groups in total. The van der Waals surface area contributed by atoms with Crippen molar-refractivity contribution in [3.8, 4) is 0 Å². The van der Waals surface area contributed by atoms with Crippen LogP contribution >= 0.6 is 11.3 Å². The van der Waals surface area contributed by atoms with E-state index in [4.69, 9.17) is 5.11 Å². The third-order valence-electron chi connectivity index (χ3n) is 2.29. The van der Waals surface area contributed by atoms with Crippen LogP contribution in [0.15, 0.2) is 11.6 Å². The van der Waals surface area contributed by atoms with Crippen LogP contribution in [0.1, 0.15) is 31.2 Å². The van der Waals surface area contributed by atoms with E-state index >= 15 is 0 Å². The molecule has 1 aromatic rings. The lowest BCUT2D eigenvalue weighted by molar-refractivity contribution is -0.137. The molecular formula is C11H17N3O3S. The van der Waals surface area contributed by atoms with Gasteiger partial charge < -0.3 is 15.7 Å². The Morgan fingerprint density at radius 2 is 2.33 bits per heavy atom. The van der Waals surface area contributed by atoms with E-state index < -0.39 is 5.97 Å². The predicted molar refractivity (Wildman–Crippen MR) is 68.4 cm³/mol. The molecule has 6 nitrogen and oxygen atoms in total. The van der Waals surface area contributed by atoms with Crippen molar-refractivity contribution in [1.29, 1.82) is 0 Å². The van der Waals surface area contributed by atoms with Crippen molar-refractivity contribution in [3.05, 3.63) is 16.6 Å². The van der Waals surface area contributed by atoms with Crippen LogP contribution in [-0.2, 0) is 11.3 Å². The molecule has 1 aromatic heterocycles. The first-order valence-electron chi connectivity index (χ1n) is 5.72. The lowest BCUT2D eigenvalue weighted by Gasteiger charge is -2.13. The second kappa shape index (κ2) is 7.65. The molecule has 0 aliphatic carbocycles. The van der Waals surface area contributed by atoms with Gasteiger partial charge in [-0.15, -0.1) is 11.3 Å². The minimum Gasteiger partial charge on any atom is -0.481 e. The van der Waals surface area contributed by atoms with Crippen LogP contribution in [-0.4, -0.2) is 28.1 Å². The number of aromatic nitrogens is 1. The van der Waals surface area contributed by atoms with Crippen molar-refractivity contribution in [1.82, 2.24) is 15.6 Å². The fraction of sp³-hybridized carbons (Fsp3) is 0.545. The number of carboxylic acid groups (broad SMARTS) is 1. The van der Waals surface area contributed by atoms with Gasteiger partial charge in [-0.2, -0.15) is 0 Å². The highest BCUT2D eigenvalue weighted by Gasteiger charge is 2.08. The van der Waals surface area contributed by atoms with Gasteiger partial charge in [0.05, 0.1) is 6.54 Å². The zero-order chi connectivity index (χ0) is 13.4. The van der Waals surface area contributed by atoms with E-state index in [1.807, 2.05) is 12.3 Å². The van der Waals surface area contributed by atoms with Gasteiger partial charge in [-0.25, -0.2) is 9.78 Å². The van der Waals surface area contributed by atoms with Gasteiger partial charge >= 0.3 is 12.0 Å². The molecule has 1 unspecified atom stereocenters. The smallest absolute Gasteiger partial charge is 0.315 e. The Hall–Kier alpha value is -1.63. The second-order valence-electron chi connectivity index (χ2n) is 3.94. The highest BCUT2D eigenvalue weighted by molar-refractivity contribution is 7.09. The maximum absolute atomic E-state index is 11.5. The average molecular weight is 271 g/mol. The summed E-state index contributed by atoms with van der Waals surface area (Å²) in [6, 6.07) is -0.298. The number of carbonyl (C=O) groups is 2. The average Bonchev–Trinajstić information content (AvgIpc) is 2.78. The second-order valence-corrected chi connectivity index (χ2v) is 4.92. The summed E-state index contributed by atoms with van der Waals surface area (Å²) in [6.45, 7) is 2.26. The summed E-state index contributed by atoms with van der Waals surface area (Å²) < 4.78 is 0. The first-order valence-corrected chi connectivity index (χ1v) is 6.60. The molecule has 0 saturated carbocycles. The van der Waals surface area contributed by atoms with Crippen molar-refractivity contribution in [2.45, 2.75) is 38.8 Å². The number of thiazole rings is 1. The molecule has 0 aliphatic heterocycles. The Balaban J connectivity index is 2.13. The Morgan fingerprint density at radius 1 is 1.56 bits per heavy atom. The van der Waals surface area contributed by atoms with E-state index in [1.54, 1.807) is 6.20 Å². The number of carboxylic acids is 1. The Bertz CT molecular complexity index is 381. The van der Waals surface area contributed by atoms with Gasteiger partial charge in [0.2, 0.25) is 0 Å². The van der Waals surface area contributed by atoms with Crippen LogP contribution in [0.2, 0.25) is 0 Å². The van der Waals surface area contributed by atoms with Gasteiger partial charge in [0.15, 0.2) is 0 Å². The van der Waals surface area contributed by atoms with Crippen LogP contribution in [0.5, 0.6) is 0 Å². The predicted octanol–water partition coefficient (Wildman–Crippen LogP) is 1.59. The van der Waals surface area contributed by atoms with Gasteiger partial charge in [-0.3, -0.25) is 4.79 Å². The maximum atomic E-state index is 11.5. The molecule has 1 rings (SSSR count). The number of amides is 2. The maximum Gasteiger partial charge on any atom is 0.315 e. The third kappa shape index (κ3) is 6.19. The molecule has 1 atom stereocenters. The highest BCUT2D eigenvalue weighted by atomic mass is 32.1. The van der Waals surface area contributed by atoms with Crippen molar-refractivity contribution in [2.24, 2.45) is 0 Å². The molecule has 0 radical (unpaired) electrons. The summed E-state index contributed by atoms with van der Waals surface area (Å²) in [4.78, 5) is 25.9. The van der Waals surface area contributed by atoms with Gasteiger partial charge in [0.1, 0.15) is 5.01 Å². The van der Waals surface area contributed by atoms with Gasteiger partial charge in [0, 0.05) is 24.0 Å². The molecule has 0 aliphatic rings. The minimum atomic E-state index is -0.810. The number of rotatable bonds is 7. The third-order valence-corrected chi connectivity index (χ3v) is 3.07. The highest BCUT2D eigenvalue weighted by Crippen LogP contribution is 2.03. The molecule has 100 valence electrons. The number of nitrogens with zero attached hydrogens (tertiary/aromatic N) is 1. The summed E-state index contributed by atoms with van der Waals surface area (Å²) in [7, 11) is 0. The number of carbonyl (C=O) groups excluding carboxylic acids is 1. The zero-order valence-electron chi connectivity index (χ0n) is 10.2. The Labute approximate surface area is 109 Å². The zero-order valence-corrected chi connectivity index (χ0v) is 11.0. The van der Waals surface area contributed by atoms with E-state index in [2.05, 4.69) is 15.6 Å². The van der Waals surface area contributed by atoms with Gasteiger partial charge in [-0.1, -0.05) is 0 Å². The van der Waals surface area contributed by atoms with Crippen molar-refractivity contribution in [3.63, 3.8) is 0 Å². The molecule has 0 bridgehead atoms. The Kier molecular flexibility index (Phi) is 6.13. The number of urea groups is 1. The quantitative estimate of drug-likeness (QED) is 0.702. The first-order chi connectivity index (χ1) is 8.58. The van der Waals surface area contributed by atoms with Gasteiger partial charge in [0.25, 0.3) is 0 Å². The summed E-state index contributed by atoms with van der Waals surface area (Å²) in [5.74, 6) is -0.810. The standard InChI is InChI=1S/C11H17N3O3S/c1-8(3-2-4-10(15)16)14-11(17)13-7-9-12-5-6-18-9/h5-6,8H,2-4,7H2,1H3,(H,15,16)(H2,13,14,17). The number of aliphatic carboxylic acids is 1. The summed E-state index contributed by atoms with van der Waals surface area (Å²) in [5, 5.41) is 16.6. The van der Waals surface area contributed by atoms with Crippen molar-refractivity contribution >= 4 is 23.3 Å². The minimum absolute atomic E-state index is 0.0411. The fourth-order valence-corrected chi connectivity index (χ4v) is 1.96. The SMILES string of the molecule is CC(CCCC(=O)O)NC(=O)NCc1nccs1. The summed E-state index contributed by atoms with van der Waals surface area (Å²) >= 11 is 1.48. The van der Waals surface area contributed by atoms with Crippen LogP contribution in [0.4, 0.5) is 4.79 Å². The number of nitrogens with one attached hydrogen (secondary N) is 2. The molecule has 0 saturated heterocycles. The molecule has 0 fully saturated rings. The van der Waals surface area contributed by atoms with Crippen molar-refractivity contribution < 1.29 is 14.7 Å². The lowest BCUT2D eigenvalue weighted by Crippen LogP contribution is -2.40. The van der Waals surface area contributed by atoms with E-state index in [0.29, 0.717) is 19.4 Å². The largest absolute Gasteiger partial charge is 0.481 e. The van der Waals surface area contributed by atoms with Crippen LogP contribution in [0.25, 0.3) is 0 Å². The lowest BCUT2D eigenvalue weighted by atomic mass is 10.1.